The Kier molecular flexibility index (Phi) is 4.31. The van der Waals surface area contributed by atoms with Crippen molar-refractivity contribution in [2.45, 2.75) is 38.8 Å². The summed E-state index contributed by atoms with van der Waals surface area (Å²) in [5, 5.41) is 13.6. The van der Waals surface area contributed by atoms with E-state index in [-0.39, 0.29) is 6.10 Å². The molecule has 112 valence electrons. The lowest BCUT2D eigenvalue weighted by molar-refractivity contribution is 0.0777. The van der Waals surface area contributed by atoms with Crippen molar-refractivity contribution in [1.29, 1.82) is 0 Å². The first-order valence-electron chi connectivity index (χ1n) is 7.47. The van der Waals surface area contributed by atoms with E-state index in [1.807, 2.05) is 12.1 Å². The maximum absolute atomic E-state index is 9.51. The molecule has 21 heavy (non-hydrogen) atoms. The lowest BCUT2D eigenvalue weighted by atomic mass is 10.1. The molecule has 1 N–H and O–H groups in total. The van der Waals surface area contributed by atoms with Gasteiger partial charge in [-0.1, -0.05) is 29.4 Å². The van der Waals surface area contributed by atoms with Crippen LogP contribution in [0.5, 0.6) is 0 Å². The molecule has 1 aliphatic heterocycles. The molecule has 1 saturated heterocycles. The maximum Gasteiger partial charge on any atom is 0.231 e. The normalized spacial score (nSPS) is 17.2. The molecular weight excluding hydrogens is 266 g/mol. The number of likely N-dealkylation sites (tertiary alicyclic amines) is 1. The second-order valence-electron chi connectivity index (χ2n) is 5.71. The third-order valence-electron chi connectivity index (χ3n) is 4.04. The van der Waals surface area contributed by atoms with Gasteiger partial charge in [0.25, 0.3) is 0 Å². The van der Waals surface area contributed by atoms with Crippen molar-refractivity contribution in [2.24, 2.45) is 0 Å². The van der Waals surface area contributed by atoms with E-state index in [0.29, 0.717) is 18.9 Å². The molecule has 1 fully saturated rings. The van der Waals surface area contributed by atoms with Gasteiger partial charge in [0.15, 0.2) is 5.82 Å². The van der Waals surface area contributed by atoms with Crippen molar-refractivity contribution in [1.82, 2.24) is 15.0 Å². The van der Waals surface area contributed by atoms with Crippen molar-refractivity contribution < 1.29 is 9.63 Å². The first kappa shape index (κ1) is 14.2. The van der Waals surface area contributed by atoms with Gasteiger partial charge in [0.05, 0.1) is 19.1 Å². The highest BCUT2D eigenvalue weighted by molar-refractivity contribution is 5.27. The number of aliphatic hydroxyl groups is 1. The molecule has 2 aromatic rings. The molecule has 3 rings (SSSR count). The number of aryl methyl sites for hydroxylation is 1. The summed E-state index contributed by atoms with van der Waals surface area (Å²) in [5.41, 5.74) is 2.45. The van der Waals surface area contributed by atoms with Gasteiger partial charge in [-0.25, -0.2) is 0 Å². The van der Waals surface area contributed by atoms with E-state index in [1.165, 1.54) is 11.1 Å². The SMILES string of the molecule is Cc1ccccc1Cc1nc(CN2CCC(O)CC2)no1. The molecule has 5 heteroatoms. The zero-order valence-corrected chi connectivity index (χ0v) is 12.3. The first-order valence-corrected chi connectivity index (χ1v) is 7.47. The largest absolute Gasteiger partial charge is 0.393 e. The molecule has 1 aromatic carbocycles. The summed E-state index contributed by atoms with van der Waals surface area (Å²) in [7, 11) is 0. The van der Waals surface area contributed by atoms with Crippen LogP contribution in [0.2, 0.25) is 0 Å². The van der Waals surface area contributed by atoms with Crippen LogP contribution < -0.4 is 0 Å². The number of aromatic nitrogens is 2. The summed E-state index contributed by atoms with van der Waals surface area (Å²) in [6, 6.07) is 8.23. The second kappa shape index (κ2) is 6.37. The van der Waals surface area contributed by atoms with Crippen LogP contribution in [0.25, 0.3) is 0 Å². The minimum Gasteiger partial charge on any atom is -0.393 e. The molecule has 0 radical (unpaired) electrons. The minimum absolute atomic E-state index is 0.150. The Bertz CT molecular complexity index is 589. The molecule has 2 heterocycles. The standard InChI is InChI=1S/C16H21N3O2/c1-12-4-2-3-5-13(12)10-16-17-15(18-21-16)11-19-8-6-14(20)7-9-19/h2-5,14,20H,6-11H2,1H3. The number of aliphatic hydroxyl groups excluding tert-OH is 1. The van der Waals surface area contributed by atoms with Crippen LogP contribution >= 0.6 is 0 Å². The molecular formula is C16H21N3O2. The fraction of sp³-hybridized carbons (Fsp3) is 0.500. The summed E-state index contributed by atoms with van der Waals surface area (Å²) in [6.45, 7) is 4.57. The Morgan fingerprint density at radius 3 is 2.81 bits per heavy atom. The van der Waals surface area contributed by atoms with E-state index in [0.717, 1.165) is 31.8 Å². The lowest BCUT2D eigenvalue weighted by Gasteiger charge is -2.28. The predicted octanol–water partition coefficient (Wildman–Crippen LogP) is 1.93. The number of benzene rings is 1. The average Bonchev–Trinajstić information content (AvgIpc) is 2.91. The number of hydrogen-bond acceptors (Lipinski definition) is 5. The van der Waals surface area contributed by atoms with Crippen molar-refractivity contribution in [3.63, 3.8) is 0 Å². The molecule has 0 spiro atoms. The van der Waals surface area contributed by atoms with E-state index < -0.39 is 0 Å². The third kappa shape index (κ3) is 3.68. The predicted molar refractivity (Wildman–Crippen MR) is 78.8 cm³/mol. The van der Waals surface area contributed by atoms with Crippen molar-refractivity contribution in [3.8, 4) is 0 Å². The number of rotatable bonds is 4. The second-order valence-corrected chi connectivity index (χ2v) is 5.71. The van der Waals surface area contributed by atoms with E-state index in [1.54, 1.807) is 0 Å². The molecule has 1 aromatic heterocycles. The molecule has 0 unspecified atom stereocenters. The van der Waals surface area contributed by atoms with Gasteiger partial charge in [-0.05, 0) is 30.9 Å². The summed E-state index contributed by atoms with van der Waals surface area (Å²) in [6.07, 6.45) is 2.18. The zero-order chi connectivity index (χ0) is 14.7. The first-order chi connectivity index (χ1) is 10.2. The monoisotopic (exact) mass is 287 g/mol. The van der Waals surface area contributed by atoms with E-state index >= 15 is 0 Å². The van der Waals surface area contributed by atoms with Crippen LogP contribution in [0.15, 0.2) is 28.8 Å². The van der Waals surface area contributed by atoms with Crippen LogP contribution in [0, 0.1) is 6.92 Å². The Labute approximate surface area is 124 Å². The van der Waals surface area contributed by atoms with Crippen molar-refractivity contribution in [2.75, 3.05) is 13.1 Å². The van der Waals surface area contributed by atoms with Crippen molar-refractivity contribution in [3.05, 3.63) is 47.1 Å². The maximum atomic E-state index is 9.51. The summed E-state index contributed by atoms with van der Waals surface area (Å²) < 4.78 is 5.35. The molecule has 1 aliphatic rings. The van der Waals surface area contributed by atoms with Crippen LogP contribution in [0.3, 0.4) is 0 Å². The fourth-order valence-electron chi connectivity index (χ4n) is 2.67. The number of hydrogen-bond donors (Lipinski definition) is 1. The number of piperidine rings is 1. The molecule has 5 nitrogen and oxygen atoms in total. The van der Waals surface area contributed by atoms with E-state index in [2.05, 4.69) is 34.1 Å². The van der Waals surface area contributed by atoms with Crippen LogP contribution in [-0.4, -0.2) is 39.3 Å². The Morgan fingerprint density at radius 2 is 2.05 bits per heavy atom. The van der Waals surface area contributed by atoms with Gasteiger partial charge in [-0.2, -0.15) is 4.98 Å². The van der Waals surface area contributed by atoms with Crippen LogP contribution in [0.4, 0.5) is 0 Å². The fourth-order valence-corrected chi connectivity index (χ4v) is 2.67. The van der Waals surface area contributed by atoms with Gasteiger partial charge >= 0.3 is 0 Å². The van der Waals surface area contributed by atoms with Gasteiger partial charge in [0.2, 0.25) is 5.89 Å². The Balaban J connectivity index is 1.60. The van der Waals surface area contributed by atoms with Crippen LogP contribution in [0.1, 0.15) is 35.7 Å². The molecule has 0 amide bonds. The molecule has 0 saturated carbocycles. The highest BCUT2D eigenvalue weighted by Crippen LogP contribution is 2.15. The van der Waals surface area contributed by atoms with E-state index in [4.69, 9.17) is 4.52 Å². The quantitative estimate of drug-likeness (QED) is 0.931. The zero-order valence-electron chi connectivity index (χ0n) is 12.3. The van der Waals surface area contributed by atoms with E-state index in [9.17, 15) is 5.11 Å². The highest BCUT2D eigenvalue weighted by atomic mass is 16.5. The lowest BCUT2D eigenvalue weighted by Crippen LogP contribution is -2.35. The number of nitrogens with zero attached hydrogens (tertiary/aromatic N) is 3. The Morgan fingerprint density at radius 1 is 1.29 bits per heavy atom. The topological polar surface area (TPSA) is 62.4 Å². The Hall–Kier alpha value is -1.72. The summed E-state index contributed by atoms with van der Waals surface area (Å²) in [5.74, 6) is 1.39. The van der Waals surface area contributed by atoms with Crippen LogP contribution in [-0.2, 0) is 13.0 Å². The van der Waals surface area contributed by atoms with Gasteiger partial charge < -0.3 is 9.63 Å². The molecule has 0 atom stereocenters. The average molecular weight is 287 g/mol. The molecule has 0 bridgehead atoms. The van der Waals surface area contributed by atoms with Gasteiger partial charge in [0, 0.05) is 13.1 Å². The van der Waals surface area contributed by atoms with Gasteiger partial charge in [-0.3, -0.25) is 4.90 Å². The van der Waals surface area contributed by atoms with Gasteiger partial charge in [0.1, 0.15) is 0 Å². The summed E-state index contributed by atoms with van der Waals surface area (Å²) >= 11 is 0. The third-order valence-corrected chi connectivity index (χ3v) is 4.04. The minimum atomic E-state index is -0.150. The van der Waals surface area contributed by atoms with Gasteiger partial charge in [-0.15, -0.1) is 0 Å². The smallest absolute Gasteiger partial charge is 0.231 e. The van der Waals surface area contributed by atoms with Crippen molar-refractivity contribution >= 4 is 0 Å². The summed E-state index contributed by atoms with van der Waals surface area (Å²) in [4.78, 5) is 6.74. The molecule has 0 aliphatic carbocycles. The highest BCUT2D eigenvalue weighted by Gasteiger charge is 2.19.